The van der Waals surface area contributed by atoms with E-state index in [1.807, 2.05) is 6.07 Å². The molecule has 0 radical (unpaired) electrons. The summed E-state index contributed by atoms with van der Waals surface area (Å²) in [5.74, 6) is -0.672. The summed E-state index contributed by atoms with van der Waals surface area (Å²) >= 11 is 0. The maximum absolute atomic E-state index is 11.0. The summed E-state index contributed by atoms with van der Waals surface area (Å²) in [7, 11) is 1.22. The van der Waals surface area contributed by atoms with E-state index in [0.717, 1.165) is 0 Å². The third kappa shape index (κ3) is 2.74. The van der Waals surface area contributed by atoms with Crippen molar-refractivity contribution in [1.29, 1.82) is 0 Å². The molecule has 1 rings (SSSR count). The fourth-order valence-corrected chi connectivity index (χ4v) is 0.796. The second kappa shape index (κ2) is 4.54. The highest BCUT2D eigenvalue weighted by Gasteiger charge is 1.99. The van der Waals surface area contributed by atoms with E-state index in [0.29, 0.717) is 5.56 Å². The van der Waals surface area contributed by atoms with E-state index < -0.39 is 18.8 Å². The number of carbonyl (C=O) groups excluding carboxylic acids is 1. The first-order valence-electron chi connectivity index (χ1n) is 4.79. The molecule has 2 atom stereocenters. The SMILES string of the molecule is [2H]C(C(=O)OC)C([2H])c1ccccc1. The lowest BCUT2D eigenvalue weighted by atomic mass is 10.1. The molecule has 0 aliphatic heterocycles. The third-order valence-corrected chi connectivity index (χ3v) is 1.41. The van der Waals surface area contributed by atoms with Crippen molar-refractivity contribution in [2.75, 3.05) is 7.11 Å². The van der Waals surface area contributed by atoms with Gasteiger partial charge in [0.1, 0.15) is 0 Å². The Morgan fingerprint density at radius 1 is 1.50 bits per heavy atom. The molecule has 2 nitrogen and oxygen atoms in total. The number of carbonyl (C=O) groups is 1. The van der Waals surface area contributed by atoms with Gasteiger partial charge >= 0.3 is 5.97 Å². The van der Waals surface area contributed by atoms with Crippen LogP contribution >= 0.6 is 0 Å². The van der Waals surface area contributed by atoms with E-state index >= 15 is 0 Å². The van der Waals surface area contributed by atoms with Crippen molar-refractivity contribution in [2.24, 2.45) is 0 Å². The maximum Gasteiger partial charge on any atom is 0.305 e. The zero-order valence-electron chi connectivity index (χ0n) is 8.86. The molecule has 0 fully saturated rings. The first-order chi connectivity index (χ1) is 6.66. The van der Waals surface area contributed by atoms with Crippen molar-refractivity contribution < 1.29 is 12.3 Å². The quantitative estimate of drug-likeness (QED) is 0.640. The maximum atomic E-state index is 11.0. The summed E-state index contributed by atoms with van der Waals surface area (Å²) in [6.45, 7) is 0. The van der Waals surface area contributed by atoms with Crippen LogP contribution in [-0.4, -0.2) is 13.1 Å². The molecule has 0 heterocycles. The zero-order chi connectivity index (χ0) is 10.6. The lowest BCUT2D eigenvalue weighted by molar-refractivity contribution is -0.140. The molecule has 12 heavy (non-hydrogen) atoms. The molecule has 0 N–H and O–H groups in total. The van der Waals surface area contributed by atoms with Crippen molar-refractivity contribution in [3.8, 4) is 0 Å². The summed E-state index contributed by atoms with van der Waals surface area (Å²) in [5, 5.41) is 0. The number of ether oxygens (including phenoxy) is 1. The fraction of sp³-hybridized carbons (Fsp3) is 0.300. The molecule has 0 spiro atoms. The summed E-state index contributed by atoms with van der Waals surface area (Å²) in [4.78, 5) is 11.0. The van der Waals surface area contributed by atoms with Crippen LogP contribution < -0.4 is 0 Å². The van der Waals surface area contributed by atoms with Crippen molar-refractivity contribution >= 4 is 5.97 Å². The monoisotopic (exact) mass is 166 g/mol. The van der Waals surface area contributed by atoms with Crippen LogP contribution in [0.15, 0.2) is 30.3 Å². The van der Waals surface area contributed by atoms with Gasteiger partial charge in [-0.15, -0.1) is 0 Å². The highest BCUT2D eigenvalue weighted by atomic mass is 16.5. The number of rotatable bonds is 3. The number of hydrogen-bond donors (Lipinski definition) is 0. The van der Waals surface area contributed by atoms with Gasteiger partial charge in [-0.3, -0.25) is 4.79 Å². The Morgan fingerprint density at radius 3 is 2.75 bits per heavy atom. The molecule has 0 saturated carbocycles. The number of hydrogen-bond acceptors (Lipinski definition) is 2. The predicted octanol–water partition coefficient (Wildman–Crippen LogP) is 1.79. The second-order valence-electron chi connectivity index (χ2n) is 2.27. The lowest BCUT2D eigenvalue weighted by Crippen LogP contribution is -2.01. The van der Waals surface area contributed by atoms with E-state index in [1.54, 1.807) is 24.3 Å². The Hall–Kier alpha value is -1.31. The summed E-state index contributed by atoms with van der Waals surface area (Å²) < 4.78 is 19.5. The Balaban J connectivity index is 2.75. The van der Waals surface area contributed by atoms with Gasteiger partial charge in [-0.25, -0.2) is 0 Å². The largest absolute Gasteiger partial charge is 0.469 e. The van der Waals surface area contributed by atoms with Crippen LogP contribution in [0, 0.1) is 0 Å². The van der Waals surface area contributed by atoms with Gasteiger partial charge in [0.15, 0.2) is 0 Å². The van der Waals surface area contributed by atoms with Gasteiger partial charge in [0.05, 0.1) is 7.11 Å². The van der Waals surface area contributed by atoms with Crippen LogP contribution in [0.3, 0.4) is 0 Å². The standard InChI is InChI=1S/C10H12O2/c1-12-10(11)8-7-9-5-3-2-4-6-9/h2-6H,7-8H2,1H3/i7D,8D. The smallest absolute Gasteiger partial charge is 0.305 e. The van der Waals surface area contributed by atoms with Crippen LogP contribution in [0.5, 0.6) is 0 Å². The van der Waals surface area contributed by atoms with Crippen LogP contribution in [0.1, 0.15) is 14.7 Å². The predicted molar refractivity (Wildman–Crippen MR) is 46.8 cm³/mol. The molecule has 0 saturated heterocycles. The number of methoxy groups -OCH3 is 1. The number of benzene rings is 1. The van der Waals surface area contributed by atoms with Crippen molar-refractivity contribution in [3.05, 3.63) is 35.9 Å². The molecule has 0 aromatic heterocycles. The van der Waals surface area contributed by atoms with Gasteiger partial charge in [-0.2, -0.15) is 0 Å². The minimum Gasteiger partial charge on any atom is -0.469 e. The Morgan fingerprint density at radius 2 is 2.17 bits per heavy atom. The number of aryl methyl sites for hydroxylation is 1. The highest BCUT2D eigenvalue weighted by Crippen LogP contribution is 2.02. The van der Waals surface area contributed by atoms with Crippen LogP contribution in [0.25, 0.3) is 0 Å². The van der Waals surface area contributed by atoms with Gasteiger partial charge in [0.2, 0.25) is 0 Å². The molecule has 0 aliphatic carbocycles. The van der Waals surface area contributed by atoms with Crippen molar-refractivity contribution in [3.63, 3.8) is 0 Å². The Kier molecular flexibility index (Phi) is 2.36. The molecule has 64 valence electrons. The van der Waals surface area contributed by atoms with Gasteiger partial charge in [-0.1, -0.05) is 30.3 Å². The van der Waals surface area contributed by atoms with Crippen molar-refractivity contribution in [1.82, 2.24) is 0 Å². The molecule has 2 unspecified atom stereocenters. The van der Waals surface area contributed by atoms with Crippen LogP contribution in [0.2, 0.25) is 0 Å². The topological polar surface area (TPSA) is 26.3 Å². The van der Waals surface area contributed by atoms with E-state index in [-0.39, 0.29) is 0 Å². The molecule has 0 bridgehead atoms. The van der Waals surface area contributed by atoms with Crippen LogP contribution in [-0.2, 0) is 15.9 Å². The average molecular weight is 166 g/mol. The van der Waals surface area contributed by atoms with Gasteiger partial charge in [0, 0.05) is 9.14 Å². The van der Waals surface area contributed by atoms with Gasteiger partial charge in [-0.05, 0) is 12.0 Å². The first-order valence-corrected chi connectivity index (χ1v) is 3.64. The highest BCUT2D eigenvalue weighted by molar-refractivity contribution is 5.69. The summed E-state index contributed by atoms with van der Waals surface area (Å²) in [6, 6.07) is 8.83. The van der Waals surface area contributed by atoms with E-state index in [4.69, 9.17) is 2.74 Å². The molecular formula is C10H12O2. The van der Waals surface area contributed by atoms with Crippen LogP contribution in [0.4, 0.5) is 0 Å². The lowest BCUT2D eigenvalue weighted by Gasteiger charge is -1.98. The van der Waals surface area contributed by atoms with Gasteiger partial charge in [0.25, 0.3) is 0 Å². The van der Waals surface area contributed by atoms with E-state index in [1.165, 1.54) is 7.11 Å². The Bertz CT molecular complexity index is 300. The zero-order valence-corrected chi connectivity index (χ0v) is 6.86. The molecule has 1 aromatic carbocycles. The molecular weight excluding hydrogens is 152 g/mol. The molecule has 0 amide bonds. The average Bonchev–Trinajstić information content (AvgIpc) is 2.27. The summed E-state index contributed by atoms with van der Waals surface area (Å²) in [6.07, 6.45) is -2.06. The van der Waals surface area contributed by atoms with Gasteiger partial charge < -0.3 is 4.74 Å². The fourth-order valence-electron chi connectivity index (χ4n) is 0.796. The van der Waals surface area contributed by atoms with E-state index in [2.05, 4.69) is 4.74 Å². The van der Waals surface area contributed by atoms with Crippen molar-refractivity contribution in [2.45, 2.75) is 12.8 Å². The minimum absolute atomic E-state index is 0.651. The number of esters is 1. The van der Waals surface area contributed by atoms with E-state index in [9.17, 15) is 4.79 Å². The molecule has 2 heteroatoms. The first kappa shape index (κ1) is 6.23. The molecule has 1 aromatic rings. The molecule has 0 aliphatic rings. The second-order valence-corrected chi connectivity index (χ2v) is 2.27. The minimum atomic E-state index is -1.18. The summed E-state index contributed by atoms with van der Waals surface area (Å²) in [5.41, 5.74) is 0.651. The normalized spacial score (nSPS) is 17.1. The Labute approximate surface area is 75.0 Å². The third-order valence-electron chi connectivity index (χ3n) is 1.41.